The van der Waals surface area contributed by atoms with Gasteiger partial charge in [-0.3, -0.25) is 14.8 Å². The van der Waals surface area contributed by atoms with Crippen LogP contribution < -0.4 is 0 Å². The highest BCUT2D eigenvalue weighted by Crippen LogP contribution is 2.41. The van der Waals surface area contributed by atoms with Gasteiger partial charge < -0.3 is 9.32 Å². The van der Waals surface area contributed by atoms with Crippen LogP contribution in [0.3, 0.4) is 0 Å². The number of rotatable bonds is 5. The molecule has 1 aliphatic carbocycles. The summed E-state index contributed by atoms with van der Waals surface area (Å²) in [5.41, 5.74) is 1.19. The van der Waals surface area contributed by atoms with Crippen molar-refractivity contribution < 1.29 is 9.21 Å². The van der Waals surface area contributed by atoms with E-state index in [0.717, 1.165) is 68.7 Å². The molecule has 1 atom stereocenters. The van der Waals surface area contributed by atoms with Crippen LogP contribution in [-0.4, -0.2) is 52.1 Å². The zero-order valence-corrected chi connectivity index (χ0v) is 15.8. The van der Waals surface area contributed by atoms with E-state index in [4.69, 9.17) is 4.42 Å². The fourth-order valence-corrected chi connectivity index (χ4v) is 4.88. The third kappa shape index (κ3) is 3.68. The Kier molecular flexibility index (Phi) is 4.31. The normalized spacial score (nSPS) is 26.8. The summed E-state index contributed by atoms with van der Waals surface area (Å²) in [6.07, 6.45) is 8.57. The number of amides is 1. The molecule has 1 spiro atoms. The second-order valence-electron chi connectivity index (χ2n) is 8.77. The molecule has 2 saturated heterocycles. The van der Waals surface area contributed by atoms with Crippen LogP contribution in [0.2, 0.25) is 0 Å². The quantitative estimate of drug-likeness (QED) is 0.880. The van der Waals surface area contributed by atoms with Crippen molar-refractivity contribution in [3.05, 3.63) is 30.2 Å². The highest BCUT2D eigenvalue weighted by Gasteiger charge is 2.42. The molecule has 0 unspecified atom stereocenters. The Balaban J connectivity index is 1.24. The van der Waals surface area contributed by atoms with Crippen molar-refractivity contribution in [2.45, 2.75) is 45.1 Å². The number of nitrogens with one attached hydrogen (secondary N) is 1. The summed E-state index contributed by atoms with van der Waals surface area (Å²) >= 11 is 0. The molecular formula is C21H28N4O2. The maximum atomic E-state index is 12.4. The lowest BCUT2D eigenvalue weighted by Crippen LogP contribution is -2.54. The van der Waals surface area contributed by atoms with E-state index in [9.17, 15) is 4.79 Å². The maximum absolute atomic E-state index is 12.4. The molecule has 144 valence electrons. The highest BCUT2D eigenvalue weighted by atomic mass is 16.3. The molecule has 2 aromatic rings. The predicted molar refractivity (Wildman–Crippen MR) is 102 cm³/mol. The summed E-state index contributed by atoms with van der Waals surface area (Å²) in [5, 5.41) is 6.94. The van der Waals surface area contributed by atoms with Crippen LogP contribution >= 0.6 is 0 Å². The number of furan rings is 1. The number of likely N-dealkylation sites (tertiary alicyclic amines) is 2. The minimum atomic E-state index is 0.278. The summed E-state index contributed by atoms with van der Waals surface area (Å²) in [4.78, 5) is 17.1. The van der Waals surface area contributed by atoms with E-state index >= 15 is 0 Å². The van der Waals surface area contributed by atoms with Crippen LogP contribution in [0.25, 0.3) is 11.5 Å². The minimum absolute atomic E-state index is 0.278. The van der Waals surface area contributed by atoms with Crippen LogP contribution in [0.5, 0.6) is 0 Å². The molecule has 2 aromatic heterocycles. The summed E-state index contributed by atoms with van der Waals surface area (Å²) in [6.45, 7) is 4.97. The monoisotopic (exact) mass is 368 g/mol. The molecule has 6 heteroatoms. The number of nitrogens with zero attached hydrogens (tertiary/aromatic N) is 3. The maximum Gasteiger partial charge on any atom is 0.222 e. The van der Waals surface area contributed by atoms with Gasteiger partial charge in [-0.2, -0.15) is 5.10 Å². The summed E-state index contributed by atoms with van der Waals surface area (Å²) in [5.74, 6) is 2.99. The molecule has 3 aliphatic rings. The van der Waals surface area contributed by atoms with Crippen molar-refractivity contribution >= 4 is 5.91 Å². The molecule has 27 heavy (non-hydrogen) atoms. The third-order valence-corrected chi connectivity index (χ3v) is 6.47. The Labute approximate surface area is 159 Å². The van der Waals surface area contributed by atoms with Gasteiger partial charge in [0.1, 0.15) is 11.5 Å². The Morgan fingerprint density at radius 3 is 2.96 bits per heavy atom. The van der Waals surface area contributed by atoms with Gasteiger partial charge in [-0.25, -0.2) is 0 Å². The fourth-order valence-electron chi connectivity index (χ4n) is 4.88. The van der Waals surface area contributed by atoms with E-state index in [1.165, 1.54) is 25.7 Å². The minimum Gasteiger partial charge on any atom is -0.458 e. The van der Waals surface area contributed by atoms with Gasteiger partial charge in [-0.15, -0.1) is 0 Å². The molecule has 5 rings (SSSR count). The standard InChI is InChI=1S/C21H28N4O2/c26-20-6-9-21(15-25(20)12-16-2-3-16)8-1-11-24(14-21)13-17-4-5-19(27-17)18-7-10-22-23-18/h4-5,7,10,16H,1-3,6,8-9,11-15H2,(H,22,23)/t21-/m1/s1. The predicted octanol–water partition coefficient (Wildman–Crippen LogP) is 3.28. The number of carbonyl (C=O) groups excluding carboxylic acids is 1. The molecule has 1 saturated carbocycles. The van der Waals surface area contributed by atoms with Gasteiger partial charge in [-0.05, 0) is 62.8 Å². The Bertz CT molecular complexity index is 795. The van der Waals surface area contributed by atoms with E-state index in [1.54, 1.807) is 6.20 Å². The first-order chi connectivity index (χ1) is 13.2. The van der Waals surface area contributed by atoms with Gasteiger partial charge >= 0.3 is 0 Å². The molecule has 6 nitrogen and oxygen atoms in total. The summed E-state index contributed by atoms with van der Waals surface area (Å²) in [7, 11) is 0. The fraction of sp³-hybridized carbons (Fsp3) is 0.619. The van der Waals surface area contributed by atoms with E-state index in [2.05, 4.69) is 26.1 Å². The molecule has 3 fully saturated rings. The Hall–Kier alpha value is -2.08. The van der Waals surface area contributed by atoms with Gasteiger partial charge in [0.2, 0.25) is 5.91 Å². The van der Waals surface area contributed by atoms with Crippen molar-refractivity contribution in [2.24, 2.45) is 11.3 Å². The summed E-state index contributed by atoms with van der Waals surface area (Å²) in [6, 6.07) is 6.01. The van der Waals surface area contributed by atoms with Crippen molar-refractivity contribution in [1.82, 2.24) is 20.0 Å². The zero-order valence-electron chi connectivity index (χ0n) is 15.8. The molecular weight excluding hydrogens is 340 g/mol. The van der Waals surface area contributed by atoms with Crippen LogP contribution in [-0.2, 0) is 11.3 Å². The molecule has 1 N–H and O–H groups in total. The number of piperidine rings is 2. The summed E-state index contributed by atoms with van der Waals surface area (Å²) < 4.78 is 6.03. The molecule has 0 aromatic carbocycles. The van der Waals surface area contributed by atoms with Gasteiger partial charge in [-0.1, -0.05) is 0 Å². The Morgan fingerprint density at radius 2 is 2.15 bits per heavy atom. The van der Waals surface area contributed by atoms with Crippen molar-refractivity contribution in [2.75, 3.05) is 26.2 Å². The molecule has 4 heterocycles. The second kappa shape index (κ2) is 6.82. The topological polar surface area (TPSA) is 65.4 Å². The van der Waals surface area contributed by atoms with Crippen LogP contribution in [0.1, 0.15) is 44.3 Å². The lowest BCUT2D eigenvalue weighted by atomic mass is 9.73. The number of carbonyl (C=O) groups is 1. The number of aromatic nitrogens is 2. The van der Waals surface area contributed by atoms with Crippen molar-refractivity contribution in [3.8, 4) is 11.5 Å². The number of aromatic amines is 1. The van der Waals surface area contributed by atoms with Gasteiger partial charge in [0.05, 0.1) is 6.54 Å². The van der Waals surface area contributed by atoms with E-state index in [-0.39, 0.29) is 5.41 Å². The number of hydrogen-bond acceptors (Lipinski definition) is 4. The smallest absolute Gasteiger partial charge is 0.222 e. The van der Waals surface area contributed by atoms with Crippen molar-refractivity contribution in [1.29, 1.82) is 0 Å². The first kappa shape index (κ1) is 17.0. The van der Waals surface area contributed by atoms with Gasteiger partial charge in [0.25, 0.3) is 0 Å². The molecule has 2 aliphatic heterocycles. The van der Waals surface area contributed by atoms with E-state index < -0.39 is 0 Å². The van der Waals surface area contributed by atoms with Gasteiger partial charge in [0, 0.05) is 37.7 Å². The number of H-pyrrole nitrogens is 1. The first-order valence-electron chi connectivity index (χ1n) is 10.3. The number of hydrogen-bond donors (Lipinski definition) is 1. The van der Waals surface area contributed by atoms with Crippen LogP contribution in [0, 0.1) is 11.3 Å². The van der Waals surface area contributed by atoms with E-state index in [0.29, 0.717) is 5.91 Å². The third-order valence-electron chi connectivity index (χ3n) is 6.47. The average Bonchev–Trinajstić information content (AvgIpc) is 3.12. The van der Waals surface area contributed by atoms with Crippen LogP contribution in [0.4, 0.5) is 0 Å². The molecule has 0 bridgehead atoms. The first-order valence-corrected chi connectivity index (χ1v) is 10.3. The second-order valence-corrected chi connectivity index (χ2v) is 8.77. The molecule has 0 radical (unpaired) electrons. The van der Waals surface area contributed by atoms with Gasteiger partial charge in [0.15, 0.2) is 5.76 Å². The highest BCUT2D eigenvalue weighted by molar-refractivity contribution is 5.77. The molecule has 1 amide bonds. The lowest BCUT2D eigenvalue weighted by molar-refractivity contribution is -0.139. The largest absolute Gasteiger partial charge is 0.458 e. The SMILES string of the molecule is O=C1CC[C@@]2(CCCN(Cc3ccc(-c4ccn[nH]4)o3)C2)CN1CC1CC1. The van der Waals surface area contributed by atoms with Crippen LogP contribution in [0.15, 0.2) is 28.8 Å². The van der Waals surface area contributed by atoms with Crippen molar-refractivity contribution in [3.63, 3.8) is 0 Å². The van der Waals surface area contributed by atoms with E-state index in [1.807, 2.05) is 12.1 Å². The zero-order chi connectivity index (χ0) is 18.3. The average molecular weight is 368 g/mol. The lowest BCUT2D eigenvalue weighted by Gasteiger charge is -2.48. The Morgan fingerprint density at radius 1 is 1.22 bits per heavy atom.